The molecule has 4 nitrogen and oxygen atoms in total. The van der Waals surface area contributed by atoms with Gasteiger partial charge in [0.25, 0.3) is 5.91 Å². The number of aromatic nitrogens is 1. The van der Waals surface area contributed by atoms with E-state index < -0.39 is 0 Å². The fourth-order valence-corrected chi connectivity index (χ4v) is 1.50. The Hall–Kier alpha value is -1.45. The molecule has 0 aliphatic rings. The Morgan fingerprint density at radius 3 is 2.56 bits per heavy atom. The summed E-state index contributed by atoms with van der Waals surface area (Å²) in [4.78, 5) is 11.9. The summed E-state index contributed by atoms with van der Waals surface area (Å²) in [6, 6.07) is 1.95. The minimum absolute atomic E-state index is 0.0564. The highest BCUT2D eigenvalue weighted by molar-refractivity contribution is 5.93. The maximum Gasteiger partial charge on any atom is 0.268 e. The highest BCUT2D eigenvalue weighted by Crippen LogP contribution is 2.16. The fraction of sp³-hybridized carbons (Fsp3) is 0.583. The van der Waals surface area contributed by atoms with Crippen LogP contribution in [0.3, 0.4) is 0 Å². The van der Waals surface area contributed by atoms with E-state index in [1.54, 1.807) is 12.3 Å². The molecule has 1 aromatic heterocycles. The second kappa shape index (κ2) is 5.05. The number of hydrogen-bond acceptors (Lipinski definition) is 2. The zero-order chi connectivity index (χ0) is 12.3. The summed E-state index contributed by atoms with van der Waals surface area (Å²) < 4.78 is 1.89. The van der Waals surface area contributed by atoms with Gasteiger partial charge in [-0.2, -0.15) is 0 Å². The number of anilines is 1. The molecular weight excluding hydrogens is 202 g/mol. The van der Waals surface area contributed by atoms with Crippen molar-refractivity contribution >= 4 is 11.6 Å². The van der Waals surface area contributed by atoms with Gasteiger partial charge >= 0.3 is 0 Å². The number of nitrogens with two attached hydrogens (primary N) is 1. The first-order valence-electron chi connectivity index (χ1n) is 5.67. The highest BCUT2D eigenvalue weighted by Gasteiger charge is 2.14. The SMILES string of the molecule is CC(C)CNC(=O)c1cc(N)cn1C(C)C. The molecule has 1 aromatic rings. The molecule has 90 valence electrons. The van der Waals surface area contributed by atoms with Crippen LogP contribution in [0, 0.1) is 5.92 Å². The number of nitrogens with one attached hydrogen (secondary N) is 1. The average molecular weight is 223 g/mol. The summed E-state index contributed by atoms with van der Waals surface area (Å²) in [7, 11) is 0. The van der Waals surface area contributed by atoms with E-state index >= 15 is 0 Å². The molecule has 0 aromatic carbocycles. The molecule has 0 radical (unpaired) electrons. The number of carbonyl (C=O) groups excluding carboxylic acids is 1. The van der Waals surface area contributed by atoms with Crippen molar-refractivity contribution in [2.45, 2.75) is 33.7 Å². The lowest BCUT2D eigenvalue weighted by Crippen LogP contribution is -2.29. The van der Waals surface area contributed by atoms with Crippen LogP contribution < -0.4 is 11.1 Å². The Morgan fingerprint density at radius 2 is 2.06 bits per heavy atom. The predicted molar refractivity (Wildman–Crippen MR) is 66.4 cm³/mol. The molecule has 0 saturated carbocycles. The molecule has 0 saturated heterocycles. The van der Waals surface area contributed by atoms with Crippen LogP contribution in [0.2, 0.25) is 0 Å². The molecule has 0 fully saturated rings. The first-order valence-corrected chi connectivity index (χ1v) is 5.67. The third-order valence-corrected chi connectivity index (χ3v) is 2.33. The number of hydrogen-bond donors (Lipinski definition) is 2. The Balaban J connectivity index is 2.82. The molecule has 1 heterocycles. The van der Waals surface area contributed by atoms with Crippen molar-refractivity contribution in [1.82, 2.24) is 9.88 Å². The number of nitrogen functional groups attached to an aromatic ring is 1. The minimum Gasteiger partial charge on any atom is -0.397 e. The van der Waals surface area contributed by atoms with Crippen LogP contribution >= 0.6 is 0 Å². The molecule has 0 spiro atoms. The first-order chi connectivity index (χ1) is 7.41. The van der Waals surface area contributed by atoms with Gasteiger partial charge in [-0.15, -0.1) is 0 Å². The number of nitrogens with zero attached hydrogens (tertiary/aromatic N) is 1. The van der Waals surface area contributed by atoms with Crippen LogP contribution in [0.25, 0.3) is 0 Å². The van der Waals surface area contributed by atoms with Gasteiger partial charge in [-0.25, -0.2) is 0 Å². The Morgan fingerprint density at radius 1 is 1.44 bits per heavy atom. The monoisotopic (exact) mass is 223 g/mol. The van der Waals surface area contributed by atoms with Gasteiger partial charge in [-0.05, 0) is 25.8 Å². The van der Waals surface area contributed by atoms with Gasteiger partial charge in [-0.3, -0.25) is 4.79 Å². The lowest BCUT2D eigenvalue weighted by Gasteiger charge is -2.13. The van der Waals surface area contributed by atoms with Crippen molar-refractivity contribution in [3.05, 3.63) is 18.0 Å². The molecule has 3 N–H and O–H groups in total. The average Bonchev–Trinajstić information content (AvgIpc) is 2.56. The molecule has 1 rings (SSSR count). The summed E-state index contributed by atoms with van der Waals surface area (Å²) in [5.41, 5.74) is 6.97. The fourth-order valence-electron chi connectivity index (χ4n) is 1.50. The highest BCUT2D eigenvalue weighted by atomic mass is 16.1. The predicted octanol–water partition coefficient (Wildman–Crippen LogP) is 2.04. The van der Waals surface area contributed by atoms with Crippen molar-refractivity contribution in [2.24, 2.45) is 5.92 Å². The normalized spacial score (nSPS) is 11.1. The maximum atomic E-state index is 11.9. The van der Waals surface area contributed by atoms with E-state index in [2.05, 4.69) is 19.2 Å². The van der Waals surface area contributed by atoms with E-state index in [4.69, 9.17) is 5.73 Å². The second-order valence-electron chi connectivity index (χ2n) is 4.76. The van der Waals surface area contributed by atoms with Gasteiger partial charge in [0.15, 0.2) is 0 Å². The van der Waals surface area contributed by atoms with Crippen molar-refractivity contribution in [3.8, 4) is 0 Å². The van der Waals surface area contributed by atoms with Crippen molar-refractivity contribution in [3.63, 3.8) is 0 Å². The standard InChI is InChI=1S/C12H21N3O/c1-8(2)6-14-12(16)11-5-10(13)7-15(11)9(3)4/h5,7-9H,6,13H2,1-4H3,(H,14,16). The van der Waals surface area contributed by atoms with Crippen LogP contribution in [0.1, 0.15) is 44.2 Å². The van der Waals surface area contributed by atoms with Crippen molar-refractivity contribution in [2.75, 3.05) is 12.3 Å². The Bertz CT molecular complexity index is 366. The summed E-state index contributed by atoms with van der Waals surface area (Å²) in [5.74, 6) is 0.392. The van der Waals surface area contributed by atoms with Gasteiger partial charge in [-0.1, -0.05) is 13.8 Å². The van der Waals surface area contributed by atoms with Crippen LogP contribution in [-0.2, 0) is 0 Å². The summed E-state index contributed by atoms with van der Waals surface area (Å²) >= 11 is 0. The van der Waals surface area contributed by atoms with Crippen LogP contribution in [0.4, 0.5) is 5.69 Å². The third kappa shape index (κ3) is 3.02. The van der Waals surface area contributed by atoms with E-state index in [9.17, 15) is 4.79 Å². The minimum atomic E-state index is -0.0564. The zero-order valence-corrected chi connectivity index (χ0v) is 10.4. The summed E-state index contributed by atoms with van der Waals surface area (Å²) in [5, 5.41) is 2.89. The van der Waals surface area contributed by atoms with Gasteiger partial charge in [0, 0.05) is 18.8 Å². The first kappa shape index (κ1) is 12.6. The molecule has 0 bridgehead atoms. The van der Waals surface area contributed by atoms with Gasteiger partial charge < -0.3 is 15.6 Å². The smallest absolute Gasteiger partial charge is 0.268 e. The number of carbonyl (C=O) groups is 1. The Labute approximate surface area is 96.8 Å². The van der Waals surface area contributed by atoms with E-state index in [1.807, 2.05) is 18.4 Å². The maximum absolute atomic E-state index is 11.9. The van der Waals surface area contributed by atoms with Gasteiger partial charge in [0.1, 0.15) is 5.69 Å². The Kier molecular flexibility index (Phi) is 3.99. The van der Waals surface area contributed by atoms with E-state index in [0.717, 1.165) is 0 Å². The summed E-state index contributed by atoms with van der Waals surface area (Å²) in [6.07, 6.45) is 1.80. The molecule has 0 aliphatic carbocycles. The number of rotatable bonds is 4. The van der Waals surface area contributed by atoms with Gasteiger partial charge in [0.05, 0.1) is 5.69 Å². The molecule has 0 atom stereocenters. The van der Waals surface area contributed by atoms with Crippen LogP contribution in [0.5, 0.6) is 0 Å². The van der Waals surface area contributed by atoms with E-state index in [0.29, 0.717) is 23.8 Å². The quantitative estimate of drug-likeness (QED) is 0.820. The largest absolute Gasteiger partial charge is 0.397 e. The van der Waals surface area contributed by atoms with Crippen LogP contribution in [-0.4, -0.2) is 17.0 Å². The van der Waals surface area contributed by atoms with Gasteiger partial charge in [0.2, 0.25) is 0 Å². The van der Waals surface area contributed by atoms with Crippen LogP contribution in [0.15, 0.2) is 12.3 Å². The molecular formula is C12H21N3O. The molecule has 16 heavy (non-hydrogen) atoms. The third-order valence-electron chi connectivity index (χ3n) is 2.33. The van der Waals surface area contributed by atoms with Crippen molar-refractivity contribution in [1.29, 1.82) is 0 Å². The molecule has 1 amide bonds. The van der Waals surface area contributed by atoms with E-state index in [-0.39, 0.29) is 11.9 Å². The number of amides is 1. The van der Waals surface area contributed by atoms with E-state index in [1.165, 1.54) is 0 Å². The zero-order valence-electron chi connectivity index (χ0n) is 10.4. The lowest BCUT2D eigenvalue weighted by atomic mass is 10.2. The molecule has 0 aliphatic heterocycles. The molecule has 0 unspecified atom stereocenters. The lowest BCUT2D eigenvalue weighted by molar-refractivity contribution is 0.0938. The summed E-state index contributed by atoms with van der Waals surface area (Å²) in [6.45, 7) is 8.87. The van der Waals surface area contributed by atoms with Crippen molar-refractivity contribution < 1.29 is 4.79 Å². The topological polar surface area (TPSA) is 60.1 Å². The molecule has 4 heteroatoms. The second-order valence-corrected chi connectivity index (χ2v) is 4.76.